The van der Waals surface area contributed by atoms with Gasteiger partial charge in [-0.1, -0.05) is 0 Å². The third kappa shape index (κ3) is 0.625. The Hall–Kier alpha value is -0.380. The first-order valence-electron chi connectivity index (χ1n) is 3.00. The average Bonchev–Trinajstić information content (AvgIpc) is 2.42. The molecule has 1 aliphatic carbocycles. The van der Waals surface area contributed by atoms with Crippen LogP contribution in [0.5, 0.6) is 0 Å². The van der Waals surface area contributed by atoms with Gasteiger partial charge < -0.3 is 10.6 Å². The van der Waals surface area contributed by atoms with Crippen LogP contribution in [-0.4, -0.2) is 16.9 Å². The van der Waals surface area contributed by atoms with Gasteiger partial charge in [-0.2, -0.15) is 12.6 Å². The zero-order valence-corrected chi connectivity index (χ0v) is 5.74. The Bertz CT molecular complexity index is 166. The van der Waals surface area contributed by atoms with Gasteiger partial charge in [-0.3, -0.25) is 0 Å². The fourth-order valence-corrected chi connectivity index (χ4v) is 1.57. The third-order valence-electron chi connectivity index (χ3n) is 1.94. The number of urea groups is 1. The molecular formula is C5H8N2OS. The highest BCUT2D eigenvalue weighted by atomic mass is 32.1. The van der Waals surface area contributed by atoms with E-state index in [1.807, 2.05) is 0 Å². The summed E-state index contributed by atoms with van der Waals surface area (Å²) in [5, 5.41) is 5.54. The maximum atomic E-state index is 10.6. The van der Waals surface area contributed by atoms with Gasteiger partial charge >= 0.3 is 6.03 Å². The number of thiol groups is 1. The molecule has 1 saturated carbocycles. The second-order valence-corrected chi connectivity index (χ2v) is 3.17. The van der Waals surface area contributed by atoms with Crippen LogP contribution in [0.4, 0.5) is 4.79 Å². The predicted octanol–water partition coefficient (Wildman–Crippen LogP) is 0.0877. The van der Waals surface area contributed by atoms with E-state index in [9.17, 15) is 4.79 Å². The van der Waals surface area contributed by atoms with Crippen LogP contribution in [0.2, 0.25) is 0 Å². The zero-order valence-electron chi connectivity index (χ0n) is 4.85. The number of amides is 2. The van der Waals surface area contributed by atoms with Crippen molar-refractivity contribution in [3.8, 4) is 0 Å². The molecule has 0 aromatic carbocycles. The molecule has 3 nitrogen and oxygen atoms in total. The lowest BCUT2D eigenvalue weighted by atomic mass is 10.3. The zero-order chi connectivity index (χ0) is 6.48. The van der Waals surface area contributed by atoms with E-state index in [1.165, 1.54) is 0 Å². The standard InChI is InChI=1S/C5H8N2OS/c8-4-6-3(9)5(7-4)1-2-5/h3,9H,1-2H2,(H2,6,7,8). The van der Waals surface area contributed by atoms with Crippen molar-refractivity contribution < 1.29 is 4.79 Å². The molecule has 4 heteroatoms. The largest absolute Gasteiger partial charge is 0.330 e. The highest BCUT2D eigenvalue weighted by Gasteiger charge is 2.54. The van der Waals surface area contributed by atoms with Crippen molar-refractivity contribution >= 4 is 18.7 Å². The average molecular weight is 144 g/mol. The molecule has 2 amide bonds. The number of hydrogen-bond acceptors (Lipinski definition) is 2. The van der Waals surface area contributed by atoms with Crippen LogP contribution in [0.3, 0.4) is 0 Å². The molecule has 0 bridgehead atoms. The minimum absolute atomic E-state index is 0.0280. The first-order valence-corrected chi connectivity index (χ1v) is 3.51. The quantitative estimate of drug-likeness (QED) is 0.414. The lowest BCUT2D eigenvalue weighted by Gasteiger charge is -2.08. The minimum Gasteiger partial charge on any atom is -0.330 e. The lowest BCUT2D eigenvalue weighted by molar-refractivity contribution is 0.247. The summed E-state index contributed by atoms with van der Waals surface area (Å²) in [4.78, 5) is 10.6. The van der Waals surface area contributed by atoms with Crippen LogP contribution < -0.4 is 10.6 Å². The van der Waals surface area contributed by atoms with E-state index in [2.05, 4.69) is 23.3 Å². The Balaban J connectivity index is 2.19. The molecule has 2 aliphatic rings. The smallest absolute Gasteiger partial charge is 0.316 e. The van der Waals surface area contributed by atoms with Gasteiger partial charge in [0.15, 0.2) is 0 Å². The molecule has 0 aromatic heterocycles. The summed E-state index contributed by atoms with van der Waals surface area (Å²) in [6, 6.07) is -0.0764. The summed E-state index contributed by atoms with van der Waals surface area (Å²) in [7, 11) is 0. The molecule has 2 rings (SSSR count). The van der Waals surface area contributed by atoms with Gasteiger partial charge in [-0.15, -0.1) is 0 Å². The Kier molecular flexibility index (Phi) is 0.822. The first-order chi connectivity index (χ1) is 4.23. The van der Waals surface area contributed by atoms with E-state index in [1.54, 1.807) is 0 Å². The van der Waals surface area contributed by atoms with E-state index >= 15 is 0 Å². The van der Waals surface area contributed by atoms with Crippen molar-refractivity contribution in [1.82, 2.24) is 10.6 Å². The Morgan fingerprint density at radius 3 is 2.56 bits per heavy atom. The maximum absolute atomic E-state index is 10.6. The Morgan fingerprint density at radius 2 is 2.33 bits per heavy atom. The summed E-state index contributed by atoms with van der Waals surface area (Å²) in [5.74, 6) is 0. The summed E-state index contributed by atoms with van der Waals surface area (Å²) < 4.78 is 0. The third-order valence-corrected chi connectivity index (χ3v) is 2.57. The van der Waals surface area contributed by atoms with Gasteiger partial charge in [-0.25, -0.2) is 4.79 Å². The molecule has 1 unspecified atom stereocenters. The van der Waals surface area contributed by atoms with Crippen LogP contribution in [0, 0.1) is 0 Å². The molecule has 9 heavy (non-hydrogen) atoms. The van der Waals surface area contributed by atoms with Gasteiger partial charge in [0.1, 0.15) is 0 Å². The summed E-state index contributed by atoms with van der Waals surface area (Å²) in [6.07, 6.45) is 2.14. The molecule has 1 spiro atoms. The van der Waals surface area contributed by atoms with Crippen LogP contribution in [0.15, 0.2) is 0 Å². The Morgan fingerprint density at radius 1 is 1.67 bits per heavy atom. The van der Waals surface area contributed by atoms with Gasteiger partial charge in [0.25, 0.3) is 0 Å². The van der Waals surface area contributed by atoms with Crippen LogP contribution in [0.1, 0.15) is 12.8 Å². The van der Waals surface area contributed by atoms with Crippen molar-refractivity contribution in [3.63, 3.8) is 0 Å². The fraction of sp³-hybridized carbons (Fsp3) is 0.800. The fourth-order valence-electron chi connectivity index (χ4n) is 1.13. The maximum Gasteiger partial charge on any atom is 0.316 e. The van der Waals surface area contributed by atoms with E-state index < -0.39 is 0 Å². The predicted molar refractivity (Wildman–Crippen MR) is 36.4 cm³/mol. The van der Waals surface area contributed by atoms with Crippen molar-refractivity contribution in [3.05, 3.63) is 0 Å². The highest BCUT2D eigenvalue weighted by molar-refractivity contribution is 7.81. The molecule has 1 saturated heterocycles. The molecule has 2 fully saturated rings. The normalized spacial score (nSPS) is 36.1. The van der Waals surface area contributed by atoms with Gasteiger partial charge in [0.2, 0.25) is 0 Å². The van der Waals surface area contributed by atoms with Crippen molar-refractivity contribution in [1.29, 1.82) is 0 Å². The Labute approximate surface area is 58.6 Å². The van der Waals surface area contributed by atoms with Crippen molar-refractivity contribution in [2.24, 2.45) is 0 Å². The second kappa shape index (κ2) is 1.37. The van der Waals surface area contributed by atoms with E-state index in [0.29, 0.717) is 0 Å². The molecule has 1 atom stereocenters. The molecule has 0 radical (unpaired) electrons. The SMILES string of the molecule is O=C1NC(S)C2(CC2)N1. The van der Waals surface area contributed by atoms with Crippen LogP contribution >= 0.6 is 12.6 Å². The number of rotatable bonds is 0. The molecule has 50 valence electrons. The van der Waals surface area contributed by atoms with Crippen molar-refractivity contribution in [2.75, 3.05) is 0 Å². The van der Waals surface area contributed by atoms with Crippen LogP contribution in [-0.2, 0) is 0 Å². The van der Waals surface area contributed by atoms with Gasteiger partial charge in [0, 0.05) is 0 Å². The number of carbonyl (C=O) groups is 1. The topological polar surface area (TPSA) is 41.1 Å². The van der Waals surface area contributed by atoms with Crippen molar-refractivity contribution in [2.45, 2.75) is 23.8 Å². The van der Waals surface area contributed by atoms with Gasteiger partial charge in [-0.05, 0) is 12.8 Å². The highest BCUT2D eigenvalue weighted by Crippen LogP contribution is 2.42. The molecule has 1 heterocycles. The second-order valence-electron chi connectivity index (χ2n) is 2.66. The lowest BCUT2D eigenvalue weighted by Crippen LogP contribution is -2.31. The number of hydrogen-bond donors (Lipinski definition) is 3. The van der Waals surface area contributed by atoms with E-state index in [0.717, 1.165) is 12.8 Å². The monoisotopic (exact) mass is 144 g/mol. The van der Waals surface area contributed by atoms with E-state index in [4.69, 9.17) is 0 Å². The summed E-state index contributed by atoms with van der Waals surface area (Å²) in [5.41, 5.74) is 0.0280. The molecular weight excluding hydrogens is 136 g/mol. The molecule has 2 N–H and O–H groups in total. The summed E-state index contributed by atoms with van der Waals surface area (Å²) >= 11 is 4.20. The molecule has 1 aliphatic heterocycles. The van der Waals surface area contributed by atoms with Crippen LogP contribution in [0.25, 0.3) is 0 Å². The first kappa shape index (κ1) is 5.41. The van der Waals surface area contributed by atoms with Gasteiger partial charge in [0.05, 0.1) is 10.9 Å². The molecule has 0 aromatic rings. The minimum atomic E-state index is -0.0764. The summed E-state index contributed by atoms with van der Waals surface area (Å²) in [6.45, 7) is 0. The number of nitrogens with one attached hydrogen (secondary N) is 2. The number of carbonyl (C=O) groups excluding carboxylic acids is 1. The van der Waals surface area contributed by atoms with E-state index in [-0.39, 0.29) is 16.9 Å².